The summed E-state index contributed by atoms with van der Waals surface area (Å²) in [7, 11) is 0. The van der Waals surface area contributed by atoms with Gasteiger partial charge in [0, 0.05) is 56.5 Å². The maximum atomic E-state index is 13.3. The Hall–Kier alpha value is -6.98. The van der Waals surface area contributed by atoms with Crippen molar-refractivity contribution in [3.63, 3.8) is 0 Å². The number of imide groups is 1. The largest absolute Gasteiger partial charge is 0.573 e. The van der Waals surface area contributed by atoms with Gasteiger partial charge in [0.1, 0.15) is 29.3 Å². The number of nitrogen functional groups attached to an aromatic ring is 1. The molecule has 3 aromatic carbocycles. The number of benzene rings is 3. The second-order valence-electron chi connectivity index (χ2n) is 17.7. The number of hydrogen-bond acceptors (Lipinski definition) is 10. The number of nitrogens with two attached hydrogens (primary N) is 1. The minimum atomic E-state index is -4.83. The van der Waals surface area contributed by atoms with Crippen molar-refractivity contribution in [3.05, 3.63) is 95.9 Å². The van der Waals surface area contributed by atoms with E-state index < -0.39 is 12.3 Å². The molecule has 0 saturated carbocycles. The summed E-state index contributed by atoms with van der Waals surface area (Å²) in [5, 5.41) is 9.00. The molecule has 18 heteroatoms. The van der Waals surface area contributed by atoms with Gasteiger partial charge in [-0.05, 0) is 95.7 Å². The zero-order chi connectivity index (χ0) is 47.2. The van der Waals surface area contributed by atoms with Crippen molar-refractivity contribution in [2.75, 3.05) is 36.9 Å². The van der Waals surface area contributed by atoms with Crippen LogP contribution in [0.1, 0.15) is 75.5 Å². The molecule has 15 nitrogen and oxygen atoms in total. The molecule has 7 rings (SSSR count). The molecule has 0 aliphatic carbocycles. The van der Waals surface area contributed by atoms with Gasteiger partial charge in [0.2, 0.25) is 23.6 Å². The second-order valence-corrected chi connectivity index (χ2v) is 17.7. The quantitative estimate of drug-likeness (QED) is 0.0566. The summed E-state index contributed by atoms with van der Waals surface area (Å²) < 4.78 is 49.9. The van der Waals surface area contributed by atoms with E-state index in [0.29, 0.717) is 92.9 Å². The maximum Gasteiger partial charge on any atom is 0.573 e. The van der Waals surface area contributed by atoms with Crippen molar-refractivity contribution < 1.29 is 46.6 Å². The van der Waals surface area contributed by atoms with Crippen molar-refractivity contribution in [1.29, 1.82) is 0 Å². The summed E-state index contributed by atoms with van der Waals surface area (Å²) in [6.45, 7) is 7.70. The van der Waals surface area contributed by atoms with Crippen LogP contribution < -0.4 is 36.1 Å². The number of carbonyl (C=O) groups is 5. The van der Waals surface area contributed by atoms with Gasteiger partial charge in [0.15, 0.2) is 6.61 Å². The molecule has 2 aliphatic rings. The van der Waals surface area contributed by atoms with Gasteiger partial charge in [-0.15, -0.1) is 13.2 Å². The standard InChI is InChI=1S/C48H53F3N8O7/c1-29(25-54-41(62)27-65-34-11-8-31(9-12-34)36-13-15-39(60)57-46(36)64)23-47(2,3)24-40(61)53-17-5-18-58-26-37(43-44(52)55-28-56-45(43)58)32-10-14-38-33(22-32)16-19-59(38)42(63)21-30-6-4-7-35(20-30)66-48(49,50)51/h4,6-12,14,20,22,26,28-29,36H,5,13,15-19,21,23-25,27H2,1-3H3,(H,53,61)(H,54,62)(H2,52,55,56)(H,57,60,64). The lowest BCUT2D eigenvalue weighted by atomic mass is 9.80. The Morgan fingerprint density at radius 2 is 1.76 bits per heavy atom. The first kappa shape index (κ1) is 47.0. The number of hydrogen-bond donors (Lipinski definition) is 4. The summed E-state index contributed by atoms with van der Waals surface area (Å²) >= 11 is 0. The number of ether oxygens (including phenoxy) is 2. The van der Waals surface area contributed by atoms with E-state index >= 15 is 0 Å². The Labute approximate surface area is 379 Å². The molecule has 5 amide bonds. The third-order valence-corrected chi connectivity index (χ3v) is 11.7. The van der Waals surface area contributed by atoms with Crippen LogP contribution in [0.2, 0.25) is 0 Å². The number of aryl methyl sites for hydroxylation is 1. The molecule has 1 saturated heterocycles. The smallest absolute Gasteiger partial charge is 0.484 e. The number of anilines is 2. The monoisotopic (exact) mass is 910 g/mol. The summed E-state index contributed by atoms with van der Waals surface area (Å²) in [5.41, 5.74) is 11.2. The number of piperidine rings is 1. The first-order valence-electron chi connectivity index (χ1n) is 21.9. The summed E-state index contributed by atoms with van der Waals surface area (Å²) in [6, 6.07) is 18.1. The van der Waals surface area contributed by atoms with Gasteiger partial charge in [0.25, 0.3) is 5.91 Å². The number of rotatable bonds is 18. The SMILES string of the molecule is CC(CNC(=O)COc1ccc(C2CCC(=O)NC2=O)cc1)CC(C)(C)CC(=O)NCCCn1cc(-c2ccc3c(c2)CCN3C(=O)Cc2cccc(OC(F)(F)F)c2)c2c(N)ncnc21. The Morgan fingerprint density at radius 1 is 0.970 bits per heavy atom. The number of alkyl halides is 3. The van der Waals surface area contributed by atoms with Gasteiger partial charge in [-0.25, -0.2) is 9.97 Å². The fourth-order valence-electron chi connectivity index (χ4n) is 8.85. The highest BCUT2D eigenvalue weighted by Crippen LogP contribution is 2.38. The van der Waals surface area contributed by atoms with Crippen LogP contribution in [0.3, 0.4) is 0 Å². The molecular weight excluding hydrogens is 858 g/mol. The Morgan fingerprint density at radius 3 is 2.52 bits per heavy atom. The van der Waals surface area contributed by atoms with E-state index in [1.807, 2.05) is 49.7 Å². The van der Waals surface area contributed by atoms with Gasteiger partial charge in [0.05, 0.1) is 17.7 Å². The number of aromatic nitrogens is 3. The number of nitrogens with zero attached hydrogens (tertiary/aromatic N) is 4. The van der Waals surface area contributed by atoms with Crippen molar-refractivity contribution in [3.8, 4) is 22.6 Å². The predicted molar refractivity (Wildman–Crippen MR) is 240 cm³/mol. The minimum Gasteiger partial charge on any atom is -0.484 e. The van der Waals surface area contributed by atoms with Gasteiger partial charge in [-0.1, -0.05) is 51.1 Å². The molecule has 0 spiro atoms. The molecule has 66 heavy (non-hydrogen) atoms. The van der Waals surface area contributed by atoms with Gasteiger partial charge in [-0.2, -0.15) is 0 Å². The lowest BCUT2D eigenvalue weighted by Gasteiger charge is -2.27. The molecule has 5 aromatic rings. The van der Waals surface area contributed by atoms with E-state index in [2.05, 4.69) is 30.7 Å². The second kappa shape index (κ2) is 20.0. The highest BCUT2D eigenvalue weighted by atomic mass is 19.4. The van der Waals surface area contributed by atoms with E-state index in [1.165, 1.54) is 24.5 Å². The third kappa shape index (κ3) is 12.0. The van der Waals surface area contributed by atoms with Crippen LogP contribution in [-0.4, -0.2) is 76.7 Å². The van der Waals surface area contributed by atoms with Gasteiger partial charge >= 0.3 is 6.36 Å². The van der Waals surface area contributed by atoms with E-state index in [0.717, 1.165) is 27.9 Å². The van der Waals surface area contributed by atoms with E-state index in [4.69, 9.17) is 10.5 Å². The Bertz CT molecular complexity index is 2610. The molecule has 5 N–H and O–H groups in total. The Kier molecular flexibility index (Phi) is 14.3. The third-order valence-electron chi connectivity index (χ3n) is 11.7. The van der Waals surface area contributed by atoms with Crippen LogP contribution in [0.15, 0.2) is 79.3 Å². The minimum absolute atomic E-state index is 0.0764. The summed E-state index contributed by atoms with van der Waals surface area (Å²) in [6.07, 6.45) is 1.39. The van der Waals surface area contributed by atoms with E-state index in [9.17, 15) is 37.1 Å². The number of nitrogens with one attached hydrogen (secondary N) is 3. The van der Waals surface area contributed by atoms with Gasteiger partial charge in [-0.3, -0.25) is 29.3 Å². The zero-order valence-corrected chi connectivity index (χ0v) is 37.0. The first-order valence-corrected chi connectivity index (χ1v) is 21.9. The molecule has 4 heterocycles. The van der Waals surface area contributed by atoms with Crippen LogP contribution in [0.5, 0.6) is 11.5 Å². The number of amides is 5. The van der Waals surface area contributed by atoms with Crippen molar-refractivity contribution in [2.24, 2.45) is 11.3 Å². The highest BCUT2D eigenvalue weighted by Gasteiger charge is 2.32. The summed E-state index contributed by atoms with van der Waals surface area (Å²) in [4.78, 5) is 73.1. The van der Waals surface area contributed by atoms with E-state index in [-0.39, 0.29) is 59.6 Å². The molecule has 348 valence electrons. The van der Waals surface area contributed by atoms with Crippen LogP contribution >= 0.6 is 0 Å². The molecule has 2 unspecified atom stereocenters. The summed E-state index contributed by atoms with van der Waals surface area (Å²) in [5.74, 6) is -1.06. The molecule has 0 bridgehead atoms. The number of carbonyl (C=O) groups excluding carboxylic acids is 5. The fourth-order valence-corrected chi connectivity index (χ4v) is 8.85. The van der Waals surface area contributed by atoms with Crippen LogP contribution in [0, 0.1) is 11.3 Å². The average molecular weight is 911 g/mol. The molecular formula is C48H53F3N8O7. The molecule has 2 aliphatic heterocycles. The molecule has 1 fully saturated rings. The topological polar surface area (TPSA) is 200 Å². The van der Waals surface area contributed by atoms with Crippen molar-refractivity contribution >= 4 is 52.1 Å². The fraction of sp³-hybridized carbons (Fsp3) is 0.396. The van der Waals surface area contributed by atoms with Crippen LogP contribution in [0.4, 0.5) is 24.7 Å². The van der Waals surface area contributed by atoms with Crippen molar-refractivity contribution in [2.45, 2.75) is 84.5 Å². The first-order chi connectivity index (χ1) is 31.4. The zero-order valence-electron chi connectivity index (χ0n) is 37.0. The Balaban J connectivity index is 0.859. The highest BCUT2D eigenvalue weighted by molar-refractivity contribution is 6.02. The normalized spacial score (nSPS) is 15.5. The molecule has 2 atom stereocenters. The number of fused-ring (bicyclic) bond motifs is 2. The van der Waals surface area contributed by atoms with Gasteiger partial charge < -0.3 is 35.3 Å². The maximum absolute atomic E-state index is 13.3. The lowest BCUT2D eigenvalue weighted by molar-refractivity contribution is -0.274. The van der Waals surface area contributed by atoms with E-state index in [1.54, 1.807) is 35.2 Å². The average Bonchev–Trinajstić information content (AvgIpc) is 3.85. The lowest BCUT2D eigenvalue weighted by Crippen LogP contribution is -2.39. The van der Waals surface area contributed by atoms with Crippen LogP contribution in [0.25, 0.3) is 22.2 Å². The van der Waals surface area contributed by atoms with Crippen LogP contribution in [-0.2, 0) is 43.4 Å². The molecule has 0 radical (unpaired) electrons. The van der Waals surface area contributed by atoms with Crippen molar-refractivity contribution in [1.82, 2.24) is 30.5 Å². The number of halogens is 3. The molecule has 2 aromatic heterocycles. The predicted octanol–water partition coefficient (Wildman–Crippen LogP) is 6.38.